The molecule has 0 spiro atoms. The first kappa shape index (κ1) is 12.5. The quantitative estimate of drug-likeness (QED) is 0.910. The molecule has 0 saturated heterocycles. The molecule has 0 amide bonds. The number of thiazole rings is 1. The maximum Gasteiger partial charge on any atom is 0.304 e. The van der Waals surface area contributed by atoms with Crippen molar-refractivity contribution < 1.29 is 4.39 Å². The summed E-state index contributed by atoms with van der Waals surface area (Å²) in [5, 5.41) is 4.91. The van der Waals surface area contributed by atoms with Crippen molar-refractivity contribution in [2.75, 3.05) is 0 Å². The highest BCUT2D eigenvalue weighted by atomic mass is 79.9. The van der Waals surface area contributed by atoms with Gasteiger partial charge in [0.15, 0.2) is 0 Å². The monoisotopic (exact) mass is 316 g/mol. The summed E-state index contributed by atoms with van der Waals surface area (Å²) in [4.78, 5) is 13.5. The molecule has 0 unspecified atom stereocenters. The summed E-state index contributed by atoms with van der Waals surface area (Å²) in [5.41, 5.74) is 1.69. The van der Waals surface area contributed by atoms with Gasteiger partial charge in [0.25, 0.3) is 0 Å². The first-order chi connectivity index (χ1) is 8.15. The summed E-state index contributed by atoms with van der Waals surface area (Å²) < 4.78 is 13.9. The van der Waals surface area contributed by atoms with Crippen LogP contribution in [0.4, 0.5) is 4.39 Å². The third-order valence-electron chi connectivity index (χ3n) is 2.21. The molecule has 0 aliphatic heterocycles. The van der Waals surface area contributed by atoms with Crippen molar-refractivity contribution in [3.63, 3.8) is 0 Å². The average Bonchev–Trinajstić information content (AvgIpc) is 2.69. The van der Waals surface area contributed by atoms with E-state index < -0.39 is 0 Å². The van der Waals surface area contributed by atoms with E-state index in [4.69, 9.17) is 0 Å². The lowest BCUT2D eigenvalue weighted by atomic mass is 10.2. The average molecular weight is 317 g/mol. The van der Waals surface area contributed by atoms with Gasteiger partial charge in [-0.3, -0.25) is 4.79 Å². The van der Waals surface area contributed by atoms with Crippen LogP contribution in [0.5, 0.6) is 0 Å². The van der Waals surface area contributed by atoms with Gasteiger partial charge in [0, 0.05) is 28.6 Å². The zero-order valence-corrected chi connectivity index (χ0v) is 11.2. The molecule has 1 aromatic heterocycles. The minimum absolute atomic E-state index is 0.0614. The van der Waals surface area contributed by atoms with E-state index >= 15 is 0 Å². The zero-order valence-electron chi connectivity index (χ0n) is 8.80. The van der Waals surface area contributed by atoms with E-state index in [-0.39, 0.29) is 10.7 Å². The molecular weight excluding hydrogens is 307 g/mol. The number of aromatic nitrogens is 1. The van der Waals surface area contributed by atoms with Gasteiger partial charge in [0.1, 0.15) is 5.82 Å². The summed E-state index contributed by atoms with van der Waals surface area (Å²) in [6, 6.07) is 4.57. The summed E-state index contributed by atoms with van der Waals surface area (Å²) in [6.45, 7) is 1.10. The van der Waals surface area contributed by atoms with Crippen LogP contribution in [0.15, 0.2) is 32.8 Å². The van der Waals surface area contributed by atoms with Gasteiger partial charge >= 0.3 is 4.87 Å². The van der Waals surface area contributed by atoms with Crippen LogP contribution in [0.25, 0.3) is 0 Å². The summed E-state index contributed by atoms with van der Waals surface area (Å²) >= 11 is 4.49. The number of H-pyrrole nitrogens is 1. The molecule has 6 heteroatoms. The predicted octanol–water partition coefficient (Wildman–Crippen LogP) is 2.63. The molecule has 0 aliphatic rings. The molecule has 0 bridgehead atoms. The molecule has 1 heterocycles. The number of rotatable bonds is 4. The van der Waals surface area contributed by atoms with Crippen LogP contribution in [0, 0.1) is 5.82 Å². The van der Waals surface area contributed by atoms with Crippen molar-refractivity contribution in [1.29, 1.82) is 0 Å². The second-order valence-electron chi connectivity index (χ2n) is 3.51. The van der Waals surface area contributed by atoms with Crippen LogP contribution < -0.4 is 10.2 Å². The molecule has 1 aromatic carbocycles. The Kier molecular flexibility index (Phi) is 4.09. The minimum Gasteiger partial charge on any atom is -0.315 e. The van der Waals surface area contributed by atoms with Gasteiger partial charge in [-0.1, -0.05) is 27.3 Å². The molecule has 2 rings (SSSR count). The van der Waals surface area contributed by atoms with Gasteiger partial charge in [0.2, 0.25) is 0 Å². The third-order valence-corrected chi connectivity index (χ3v) is 3.70. The molecule has 0 atom stereocenters. The minimum atomic E-state index is -0.256. The van der Waals surface area contributed by atoms with Gasteiger partial charge < -0.3 is 10.3 Å². The van der Waals surface area contributed by atoms with E-state index in [2.05, 4.69) is 26.2 Å². The fourth-order valence-electron chi connectivity index (χ4n) is 1.41. The highest BCUT2D eigenvalue weighted by Crippen LogP contribution is 2.17. The van der Waals surface area contributed by atoms with Crippen molar-refractivity contribution in [2.45, 2.75) is 13.1 Å². The number of benzene rings is 1. The third kappa shape index (κ3) is 3.49. The van der Waals surface area contributed by atoms with E-state index in [1.54, 1.807) is 11.4 Å². The summed E-state index contributed by atoms with van der Waals surface area (Å²) in [5.74, 6) is -0.256. The van der Waals surface area contributed by atoms with Crippen molar-refractivity contribution >= 4 is 27.3 Å². The Morgan fingerprint density at radius 1 is 1.41 bits per heavy atom. The normalized spacial score (nSPS) is 10.7. The van der Waals surface area contributed by atoms with Crippen LogP contribution >= 0.6 is 27.3 Å². The lowest BCUT2D eigenvalue weighted by Crippen LogP contribution is -2.14. The second-order valence-corrected chi connectivity index (χ2v) is 5.21. The van der Waals surface area contributed by atoms with E-state index in [0.717, 1.165) is 27.1 Å². The molecule has 0 radical (unpaired) electrons. The number of halogens is 2. The second kappa shape index (κ2) is 5.57. The Morgan fingerprint density at radius 3 is 2.94 bits per heavy atom. The molecule has 2 aromatic rings. The molecule has 0 fully saturated rings. The summed E-state index contributed by atoms with van der Waals surface area (Å²) in [6.07, 6.45) is 0. The Balaban J connectivity index is 1.94. The van der Waals surface area contributed by atoms with Crippen molar-refractivity contribution in [2.24, 2.45) is 0 Å². The largest absolute Gasteiger partial charge is 0.315 e. The fourth-order valence-corrected chi connectivity index (χ4v) is 2.38. The number of hydrogen-bond donors (Lipinski definition) is 2. The first-order valence-electron chi connectivity index (χ1n) is 4.96. The number of nitrogens with one attached hydrogen (secondary N) is 2. The smallest absolute Gasteiger partial charge is 0.304 e. The Bertz CT molecular complexity index is 567. The maximum atomic E-state index is 13.0. The van der Waals surface area contributed by atoms with Crippen LogP contribution in [-0.2, 0) is 13.1 Å². The molecule has 0 saturated carbocycles. The van der Waals surface area contributed by atoms with Crippen LogP contribution in [0.1, 0.15) is 11.3 Å². The Hall–Kier alpha value is -0.980. The zero-order chi connectivity index (χ0) is 12.3. The van der Waals surface area contributed by atoms with Crippen molar-refractivity contribution in [1.82, 2.24) is 10.3 Å². The van der Waals surface area contributed by atoms with Crippen LogP contribution in [-0.4, -0.2) is 4.98 Å². The fraction of sp³-hybridized carbons (Fsp3) is 0.182. The van der Waals surface area contributed by atoms with E-state index in [1.165, 1.54) is 12.1 Å². The molecule has 2 N–H and O–H groups in total. The van der Waals surface area contributed by atoms with Crippen LogP contribution in [0.3, 0.4) is 0 Å². The molecular formula is C11H10BrFN2OS. The lowest BCUT2D eigenvalue weighted by Gasteiger charge is -2.05. The number of hydrogen-bond acceptors (Lipinski definition) is 3. The standard InChI is InChI=1S/C11H10BrFN2OS/c12-10-2-1-8(13)3-7(10)4-14-5-9-6-17-11(16)15-9/h1-3,6,14H,4-5H2,(H,15,16). The molecule has 90 valence electrons. The number of aromatic amines is 1. The van der Waals surface area contributed by atoms with Gasteiger partial charge in [-0.2, -0.15) is 0 Å². The topological polar surface area (TPSA) is 44.9 Å². The van der Waals surface area contributed by atoms with Crippen LogP contribution in [0.2, 0.25) is 0 Å². The Labute approximate surface area is 110 Å². The van der Waals surface area contributed by atoms with Gasteiger partial charge in [0.05, 0.1) is 0 Å². The highest BCUT2D eigenvalue weighted by Gasteiger charge is 2.02. The van der Waals surface area contributed by atoms with Gasteiger partial charge in [-0.05, 0) is 23.8 Å². The predicted molar refractivity (Wildman–Crippen MR) is 69.6 cm³/mol. The van der Waals surface area contributed by atoms with Crippen molar-refractivity contribution in [3.8, 4) is 0 Å². The van der Waals surface area contributed by atoms with Crippen molar-refractivity contribution in [3.05, 3.63) is 54.8 Å². The Morgan fingerprint density at radius 2 is 2.24 bits per heavy atom. The lowest BCUT2D eigenvalue weighted by molar-refractivity contribution is 0.618. The first-order valence-corrected chi connectivity index (χ1v) is 6.64. The molecule has 3 nitrogen and oxygen atoms in total. The van der Waals surface area contributed by atoms with Gasteiger partial charge in [-0.15, -0.1) is 0 Å². The van der Waals surface area contributed by atoms with Gasteiger partial charge in [-0.25, -0.2) is 4.39 Å². The SMILES string of the molecule is O=c1[nH]c(CNCc2cc(F)ccc2Br)cs1. The highest BCUT2D eigenvalue weighted by molar-refractivity contribution is 9.10. The van der Waals surface area contributed by atoms with E-state index in [1.807, 2.05) is 0 Å². The van der Waals surface area contributed by atoms with E-state index in [9.17, 15) is 9.18 Å². The maximum absolute atomic E-state index is 13.0. The van der Waals surface area contributed by atoms with E-state index in [0.29, 0.717) is 13.1 Å². The molecule has 17 heavy (non-hydrogen) atoms. The molecule has 0 aliphatic carbocycles. The summed E-state index contributed by atoms with van der Waals surface area (Å²) in [7, 11) is 0.